The molecule has 0 unspecified atom stereocenters. The molecule has 38 heavy (non-hydrogen) atoms. The summed E-state index contributed by atoms with van der Waals surface area (Å²) in [4.78, 5) is 28.3. The topological polar surface area (TPSA) is 117 Å². The minimum absolute atomic E-state index is 0.00236. The highest BCUT2D eigenvalue weighted by molar-refractivity contribution is 8.00. The third kappa shape index (κ3) is 4.33. The van der Waals surface area contributed by atoms with E-state index in [2.05, 4.69) is 10.2 Å². The van der Waals surface area contributed by atoms with E-state index in [0.29, 0.717) is 21.2 Å². The number of rotatable bonds is 7. The van der Waals surface area contributed by atoms with Crippen LogP contribution in [0.5, 0.6) is 5.75 Å². The largest absolute Gasteiger partial charge is 0.508 e. The van der Waals surface area contributed by atoms with Gasteiger partial charge in [-0.15, -0.1) is 10.2 Å². The molecule has 0 aliphatic carbocycles. The Morgan fingerprint density at radius 3 is 2.47 bits per heavy atom. The Hall–Kier alpha value is -4.41. The van der Waals surface area contributed by atoms with Crippen molar-refractivity contribution in [3.05, 3.63) is 113 Å². The number of phenolic OH excluding ortho intramolecular Hbond substituents is 1. The minimum Gasteiger partial charge on any atom is -0.508 e. The number of benzene rings is 3. The summed E-state index contributed by atoms with van der Waals surface area (Å²) in [5, 5.41) is 30.2. The molecule has 5 aromatic rings. The quantitative estimate of drug-likeness (QED) is 0.145. The molecule has 1 atom stereocenters. The van der Waals surface area contributed by atoms with Gasteiger partial charge in [0.2, 0.25) is 10.9 Å². The molecule has 1 aliphatic heterocycles. The summed E-state index contributed by atoms with van der Waals surface area (Å²) in [7, 11) is 0. The molecule has 3 heterocycles. The summed E-state index contributed by atoms with van der Waals surface area (Å²) < 4.78 is 6.39. The molecule has 8 nitrogen and oxygen atoms in total. The molecule has 188 valence electrons. The van der Waals surface area contributed by atoms with Gasteiger partial charge < -0.3 is 14.6 Å². The average Bonchev–Trinajstić information content (AvgIpc) is 3.65. The number of carbonyl (C=O) groups excluding carboxylic acids is 2. The molecule has 0 bridgehead atoms. The Balaban J connectivity index is 1.37. The van der Waals surface area contributed by atoms with E-state index in [4.69, 9.17) is 4.42 Å². The molecule has 1 aliphatic rings. The van der Waals surface area contributed by atoms with Gasteiger partial charge >= 0.3 is 0 Å². The van der Waals surface area contributed by atoms with Crippen LogP contribution in [-0.4, -0.2) is 32.1 Å². The van der Waals surface area contributed by atoms with Gasteiger partial charge in [-0.25, -0.2) is 0 Å². The second kappa shape index (κ2) is 9.81. The van der Waals surface area contributed by atoms with Crippen molar-refractivity contribution in [2.75, 3.05) is 4.90 Å². The van der Waals surface area contributed by atoms with Gasteiger partial charge in [-0.05, 0) is 35.4 Å². The second-order valence-electron chi connectivity index (χ2n) is 8.53. The first kappa shape index (κ1) is 24.0. The maximum absolute atomic E-state index is 13.7. The van der Waals surface area contributed by atoms with Crippen molar-refractivity contribution in [3.8, 4) is 5.75 Å². The van der Waals surface area contributed by atoms with Crippen molar-refractivity contribution < 1.29 is 24.2 Å². The van der Waals surface area contributed by atoms with E-state index in [-0.39, 0.29) is 22.2 Å². The van der Waals surface area contributed by atoms with Gasteiger partial charge in [-0.3, -0.25) is 14.5 Å². The Kier molecular flexibility index (Phi) is 6.18. The molecule has 1 amide bonds. The standard InChI is InChI=1S/C28H19N3O5S2/c32-19-12-10-17(11-13-19)23-22(24(33)21-14-18-8-4-5-9-20(18)36-21)25(34)26(35)31(23)27-29-30-28(38-27)37-15-16-6-2-1-3-7-16/h1-14,23,32,34H,15H2/t23-/m1/s1. The summed E-state index contributed by atoms with van der Waals surface area (Å²) >= 11 is 2.67. The van der Waals surface area contributed by atoms with Crippen molar-refractivity contribution in [1.29, 1.82) is 0 Å². The smallest absolute Gasteiger partial charge is 0.296 e. The van der Waals surface area contributed by atoms with Crippen LogP contribution in [0.1, 0.15) is 27.7 Å². The fourth-order valence-corrected chi connectivity index (χ4v) is 6.13. The van der Waals surface area contributed by atoms with Crippen LogP contribution in [0, 0.1) is 0 Å². The summed E-state index contributed by atoms with van der Waals surface area (Å²) in [6, 6.07) is 23.7. The van der Waals surface area contributed by atoms with E-state index in [9.17, 15) is 19.8 Å². The van der Waals surface area contributed by atoms with Crippen LogP contribution in [-0.2, 0) is 10.5 Å². The maximum atomic E-state index is 13.7. The predicted octanol–water partition coefficient (Wildman–Crippen LogP) is 6.07. The molecule has 0 spiro atoms. The third-order valence-electron chi connectivity index (χ3n) is 6.12. The number of nitrogens with zero attached hydrogens (tertiary/aromatic N) is 3. The summed E-state index contributed by atoms with van der Waals surface area (Å²) in [5.41, 5.74) is 2.01. The molecule has 2 N–H and O–H groups in total. The molecule has 2 aromatic heterocycles. The number of aliphatic hydroxyl groups excluding tert-OH is 1. The first-order valence-electron chi connectivity index (χ1n) is 11.6. The number of para-hydroxylation sites is 1. The lowest BCUT2D eigenvalue weighted by molar-refractivity contribution is -0.117. The van der Waals surface area contributed by atoms with E-state index in [1.54, 1.807) is 30.3 Å². The lowest BCUT2D eigenvalue weighted by Gasteiger charge is -2.23. The van der Waals surface area contributed by atoms with E-state index >= 15 is 0 Å². The highest BCUT2D eigenvalue weighted by Gasteiger charge is 2.46. The van der Waals surface area contributed by atoms with E-state index < -0.39 is 23.5 Å². The van der Waals surface area contributed by atoms with Crippen LogP contribution in [0.2, 0.25) is 0 Å². The van der Waals surface area contributed by atoms with E-state index in [0.717, 1.165) is 10.9 Å². The maximum Gasteiger partial charge on any atom is 0.296 e. The highest BCUT2D eigenvalue weighted by Crippen LogP contribution is 2.44. The molecule has 6 rings (SSSR count). The van der Waals surface area contributed by atoms with Crippen molar-refractivity contribution in [1.82, 2.24) is 10.2 Å². The van der Waals surface area contributed by atoms with Gasteiger partial charge in [0.25, 0.3) is 5.91 Å². The van der Waals surface area contributed by atoms with Crippen LogP contribution < -0.4 is 4.90 Å². The van der Waals surface area contributed by atoms with Gasteiger partial charge in [-0.2, -0.15) is 0 Å². The Labute approximate surface area is 224 Å². The Bertz CT molecular complexity index is 1660. The molecule has 0 saturated carbocycles. The summed E-state index contributed by atoms with van der Waals surface area (Å²) in [5.74, 6) is -1.36. The first-order valence-corrected chi connectivity index (χ1v) is 13.4. The number of aliphatic hydroxyl groups is 1. The summed E-state index contributed by atoms with van der Waals surface area (Å²) in [6.45, 7) is 0. The predicted molar refractivity (Wildman–Crippen MR) is 144 cm³/mol. The van der Waals surface area contributed by atoms with Crippen molar-refractivity contribution in [2.24, 2.45) is 0 Å². The molecule has 0 fully saturated rings. The van der Waals surface area contributed by atoms with E-state index in [1.807, 2.05) is 42.5 Å². The highest BCUT2D eigenvalue weighted by atomic mass is 32.2. The second-order valence-corrected chi connectivity index (χ2v) is 10.7. The molecule has 3 aromatic carbocycles. The molecule has 0 saturated heterocycles. The number of furan rings is 1. The number of ketones is 1. The van der Waals surface area contributed by atoms with Crippen LogP contribution >= 0.6 is 23.1 Å². The van der Waals surface area contributed by atoms with Gasteiger partial charge in [0.1, 0.15) is 11.3 Å². The van der Waals surface area contributed by atoms with Gasteiger partial charge in [0, 0.05) is 11.1 Å². The van der Waals surface area contributed by atoms with Gasteiger partial charge in [-0.1, -0.05) is 83.8 Å². The van der Waals surface area contributed by atoms with Crippen LogP contribution in [0.3, 0.4) is 0 Å². The number of hydrogen-bond acceptors (Lipinski definition) is 9. The molecular formula is C28H19N3O5S2. The fourth-order valence-electron chi connectivity index (χ4n) is 4.31. The van der Waals surface area contributed by atoms with Gasteiger partial charge in [0.05, 0.1) is 11.6 Å². The van der Waals surface area contributed by atoms with Crippen LogP contribution in [0.15, 0.2) is 105 Å². The number of fused-ring (bicyclic) bond motifs is 1. The Morgan fingerprint density at radius 1 is 0.974 bits per heavy atom. The van der Waals surface area contributed by atoms with E-state index in [1.165, 1.54) is 40.1 Å². The normalized spacial score (nSPS) is 15.5. The number of carbonyl (C=O) groups is 2. The zero-order valence-electron chi connectivity index (χ0n) is 19.6. The zero-order valence-corrected chi connectivity index (χ0v) is 21.3. The zero-order chi connectivity index (χ0) is 26.2. The van der Waals surface area contributed by atoms with Crippen molar-refractivity contribution in [2.45, 2.75) is 16.1 Å². The molecule has 10 heteroatoms. The first-order chi connectivity index (χ1) is 18.5. The monoisotopic (exact) mass is 541 g/mol. The Morgan fingerprint density at radius 2 is 1.71 bits per heavy atom. The van der Waals surface area contributed by atoms with Crippen molar-refractivity contribution in [3.63, 3.8) is 0 Å². The SMILES string of the molecule is O=C(C1=C(O)C(=O)N(c2nnc(SCc3ccccc3)s2)[C@@H]1c1ccc(O)cc1)c1cc2ccccc2o1. The fraction of sp³-hybridized carbons (Fsp3) is 0.0714. The lowest BCUT2D eigenvalue weighted by Crippen LogP contribution is -2.31. The average molecular weight is 542 g/mol. The molecule has 0 radical (unpaired) electrons. The number of phenols is 1. The van der Waals surface area contributed by atoms with Crippen molar-refractivity contribution >= 4 is 50.9 Å². The summed E-state index contributed by atoms with van der Waals surface area (Å²) in [6.07, 6.45) is 0. The van der Waals surface area contributed by atoms with Gasteiger partial charge in [0.15, 0.2) is 15.9 Å². The number of aromatic hydroxyl groups is 1. The minimum atomic E-state index is -0.997. The number of anilines is 1. The number of Topliss-reactive ketones (excluding diaryl/α,β-unsaturated/α-hetero) is 1. The number of amides is 1. The molecular weight excluding hydrogens is 522 g/mol. The lowest BCUT2D eigenvalue weighted by atomic mass is 9.95. The third-order valence-corrected chi connectivity index (χ3v) is 8.24. The van der Waals surface area contributed by atoms with Crippen LogP contribution in [0.25, 0.3) is 11.0 Å². The number of thioether (sulfide) groups is 1. The number of hydrogen-bond donors (Lipinski definition) is 2. The van der Waals surface area contributed by atoms with Crippen LogP contribution in [0.4, 0.5) is 5.13 Å². The number of aromatic nitrogens is 2.